The van der Waals surface area contributed by atoms with Crippen LogP contribution in [0, 0.1) is 0 Å². The number of nitrogens with zero attached hydrogens (tertiary/aromatic N) is 3. The van der Waals surface area contributed by atoms with Gasteiger partial charge in [0, 0.05) is 21.7 Å². The minimum atomic E-state index is 0.659. The van der Waals surface area contributed by atoms with Gasteiger partial charge in [0.25, 0.3) is 0 Å². The van der Waals surface area contributed by atoms with Crippen molar-refractivity contribution in [3.8, 4) is 50.6 Å². The lowest BCUT2D eigenvalue weighted by Crippen LogP contribution is -2.03. The number of hydrogen-bond acceptors (Lipinski definition) is 2. The summed E-state index contributed by atoms with van der Waals surface area (Å²) in [6.45, 7) is 0. The highest BCUT2D eigenvalue weighted by Gasteiger charge is 2.20. The Morgan fingerprint density at radius 2 is 0.745 bits per heavy atom. The van der Waals surface area contributed by atoms with Crippen molar-refractivity contribution in [1.82, 2.24) is 14.5 Å². The third-order valence-electron chi connectivity index (χ3n) is 11.0. The second-order valence-corrected chi connectivity index (χ2v) is 14.2. The summed E-state index contributed by atoms with van der Waals surface area (Å²) in [5.41, 5.74) is 12.2. The van der Waals surface area contributed by atoms with Gasteiger partial charge in [0.2, 0.25) is 5.95 Å². The van der Waals surface area contributed by atoms with Crippen LogP contribution in [0.25, 0.3) is 105 Å². The maximum Gasteiger partial charge on any atom is 0.235 e. The van der Waals surface area contributed by atoms with Gasteiger partial charge in [-0.2, -0.15) is 0 Å². The summed E-state index contributed by atoms with van der Waals surface area (Å²) in [7, 11) is 0. The van der Waals surface area contributed by atoms with Crippen molar-refractivity contribution in [1.29, 1.82) is 0 Å². The van der Waals surface area contributed by atoms with E-state index in [0.717, 1.165) is 38.8 Å². The second kappa shape index (κ2) is 12.6. The predicted molar refractivity (Wildman–Crippen MR) is 231 cm³/mol. The van der Waals surface area contributed by atoms with E-state index in [0.29, 0.717) is 5.95 Å². The number of hydrogen-bond donors (Lipinski definition) is 0. The Morgan fingerprint density at radius 1 is 0.309 bits per heavy atom. The van der Waals surface area contributed by atoms with Crippen molar-refractivity contribution in [3.63, 3.8) is 0 Å². The second-order valence-electron chi connectivity index (χ2n) is 14.2. The summed E-state index contributed by atoms with van der Waals surface area (Å²) in [6.07, 6.45) is 0. The number of rotatable bonds is 5. The molecule has 0 N–H and O–H groups in total. The van der Waals surface area contributed by atoms with Crippen LogP contribution in [0.1, 0.15) is 0 Å². The summed E-state index contributed by atoms with van der Waals surface area (Å²) in [5.74, 6) is 0.659. The normalized spacial score (nSPS) is 11.6. The highest BCUT2D eigenvalue weighted by molar-refractivity contribution is 6.28. The topological polar surface area (TPSA) is 30.7 Å². The molecule has 0 amide bonds. The molecule has 3 nitrogen and oxygen atoms in total. The molecule has 0 aliphatic heterocycles. The predicted octanol–water partition coefficient (Wildman–Crippen LogP) is 13.7. The molecule has 0 saturated heterocycles. The van der Waals surface area contributed by atoms with E-state index in [2.05, 4.69) is 205 Å². The Balaban J connectivity index is 1.10. The number of aromatic nitrogens is 3. The quantitative estimate of drug-likeness (QED) is 0.179. The molecule has 0 unspecified atom stereocenters. The van der Waals surface area contributed by atoms with Crippen molar-refractivity contribution < 1.29 is 0 Å². The average molecular weight is 700 g/mol. The summed E-state index contributed by atoms with van der Waals surface area (Å²) in [4.78, 5) is 10.7. The van der Waals surface area contributed by atoms with Gasteiger partial charge in [0.05, 0.1) is 22.2 Å². The molecule has 0 radical (unpaired) electrons. The standard InChI is InChI=1S/C52H33N3/c1-3-13-34(14-4-1)40-31-41(35-15-5-2-6-16-35)33-42(32-40)36-23-25-39(26-24-36)51-45-21-11-12-22-46(45)53-52(54-51)55-47-29-27-37-17-7-9-19-43(37)49(47)50-44-20-10-8-18-38(44)28-30-48(50)55/h1-33H. The molecule has 11 aromatic rings. The molecule has 0 spiro atoms. The number of benzene rings is 9. The zero-order valence-electron chi connectivity index (χ0n) is 29.9. The SMILES string of the molecule is c1ccc(-c2cc(-c3ccccc3)cc(-c3ccc(-c4nc(-n5c6ccc7ccccc7c6c6c7ccccc7ccc65)nc5ccccc45)cc3)c2)cc1. The molecular formula is C52H33N3. The minimum Gasteiger partial charge on any atom is -0.278 e. The van der Waals surface area contributed by atoms with Crippen LogP contribution in [0.4, 0.5) is 0 Å². The van der Waals surface area contributed by atoms with Crippen molar-refractivity contribution in [3.05, 3.63) is 200 Å². The van der Waals surface area contributed by atoms with Crippen LogP contribution in [0.3, 0.4) is 0 Å². The maximum absolute atomic E-state index is 5.44. The molecule has 0 atom stereocenters. The number of fused-ring (bicyclic) bond motifs is 8. The van der Waals surface area contributed by atoms with E-state index in [4.69, 9.17) is 9.97 Å². The molecule has 2 heterocycles. The van der Waals surface area contributed by atoms with Crippen molar-refractivity contribution in [2.75, 3.05) is 0 Å². The van der Waals surface area contributed by atoms with E-state index >= 15 is 0 Å². The van der Waals surface area contributed by atoms with E-state index in [1.54, 1.807) is 0 Å². The Morgan fingerprint density at radius 3 is 1.29 bits per heavy atom. The monoisotopic (exact) mass is 699 g/mol. The van der Waals surface area contributed by atoms with E-state index in [-0.39, 0.29) is 0 Å². The first-order valence-electron chi connectivity index (χ1n) is 18.7. The van der Waals surface area contributed by atoms with Gasteiger partial charge in [-0.15, -0.1) is 0 Å². The largest absolute Gasteiger partial charge is 0.278 e. The molecular weight excluding hydrogens is 667 g/mol. The molecule has 2 aromatic heterocycles. The zero-order valence-corrected chi connectivity index (χ0v) is 29.9. The van der Waals surface area contributed by atoms with Gasteiger partial charge < -0.3 is 0 Å². The molecule has 9 aromatic carbocycles. The molecule has 0 bridgehead atoms. The third kappa shape index (κ3) is 5.20. The summed E-state index contributed by atoms with van der Waals surface area (Å²) in [5, 5.41) is 8.35. The lowest BCUT2D eigenvalue weighted by molar-refractivity contribution is 1.01. The Bertz CT molecular complexity index is 3080. The number of para-hydroxylation sites is 1. The van der Waals surface area contributed by atoms with E-state index < -0.39 is 0 Å². The third-order valence-corrected chi connectivity index (χ3v) is 11.0. The fraction of sp³-hybridized carbons (Fsp3) is 0. The molecule has 0 fully saturated rings. The van der Waals surface area contributed by atoms with Gasteiger partial charge in [0.15, 0.2) is 0 Å². The van der Waals surface area contributed by atoms with Crippen LogP contribution in [-0.2, 0) is 0 Å². The van der Waals surface area contributed by atoms with Crippen LogP contribution >= 0.6 is 0 Å². The van der Waals surface area contributed by atoms with E-state index in [9.17, 15) is 0 Å². The van der Waals surface area contributed by atoms with Crippen molar-refractivity contribution in [2.24, 2.45) is 0 Å². The summed E-state index contributed by atoms with van der Waals surface area (Å²) in [6, 6.07) is 71.6. The molecule has 55 heavy (non-hydrogen) atoms. The van der Waals surface area contributed by atoms with Gasteiger partial charge in [0.1, 0.15) is 0 Å². The Hall–Kier alpha value is -7.36. The highest BCUT2D eigenvalue weighted by atomic mass is 15.2. The van der Waals surface area contributed by atoms with Crippen molar-refractivity contribution in [2.45, 2.75) is 0 Å². The molecule has 0 aliphatic rings. The first kappa shape index (κ1) is 31.2. The molecule has 3 heteroatoms. The first-order chi connectivity index (χ1) is 27.3. The van der Waals surface area contributed by atoms with Crippen LogP contribution in [0.2, 0.25) is 0 Å². The molecule has 256 valence electrons. The molecule has 11 rings (SSSR count). The summed E-state index contributed by atoms with van der Waals surface area (Å²) >= 11 is 0. The first-order valence-corrected chi connectivity index (χ1v) is 18.7. The van der Waals surface area contributed by atoms with Gasteiger partial charge >= 0.3 is 0 Å². The lowest BCUT2D eigenvalue weighted by atomic mass is 9.93. The zero-order chi connectivity index (χ0) is 36.3. The van der Waals surface area contributed by atoms with Gasteiger partial charge in [-0.05, 0) is 91.3 Å². The Kier molecular flexibility index (Phi) is 7.17. The lowest BCUT2D eigenvalue weighted by Gasteiger charge is -2.13. The average Bonchev–Trinajstić information content (AvgIpc) is 3.62. The molecule has 0 saturated carbocycles. The fourth-order valence-electron chi connectivity index (χ4n) is 8.36. The summed E-state index contributed by atoms with van der Waals surface area (Å²) < 4.78 is 2.26. The molecule has 0 aliphatic carbocycles. The Labute approximate surface area is 318 Å². The van der Waals surface area contributed by atoms with E-state index in [1.165, 1.54) is 60.1 Å². The fourth-order valence-corrected chi connectivity index (χ4v) is 8.36. The van der Waals surface area contributed by atoms with Gasteiger partial charge in [-0.1, -0.05) is 164 Å². The maximum atomic E-state index is 5.44. The minimum absolute atomic E-state index is 0.659. The van der Waals surface area contributed by atoms with Crippen LogP contribution in [0.15, 0.2) is 200 Å². The van der Waals surface area contributed by atoms with E-state index in [1.807, 2.05) is 0 Å². The highest BCUT2D eigenvalue weighted by Crippen LogP contribution is 2.41. The van der Waals surface area contributed by atoms with Crippen LogP contribution in [0.5, 0.6) is 0 Å². The van der Waals surface area contributed by atoms with Gasteiger partial charge in [-0.25, -0.2) is 9.97 Å². The smallest absolute Gasteiger partial charge is 0.235 e. The van der Waals surface area contributed by atoms with Crippen molar-refractivity contribution >= 4 is 54.3 Å². The van der Waals surface area contributed by atoms with Gasteiger partial charge in [-0.3, -0.25) is 4.57 Å². The van der Waals surface area contributed by atoms with Crippen LogP contribution in [-0.4, -0.2) is 14.5 Å². The van der Waals surface area contributed by atoms with Crippen LogP contribution < -0.4 is 0 Å².